The van der Waals surface area contributed by atoms with Gasteiger partial charge < -0.3 is 114 Å². The number of hydrogen-bond acceptors (Lipinski definition) is 23. The predicted molar refractivity (Wildman–Crippen MR) is 243 cm³/mol. The quantitative estimate of drug-likeness (QED) is 0.0916. The summed E-state index contributed by atoms with van der Waals surface area (Å²) in [6.45, 7) is 8.39. The number of fused-ring (bicyclic) bond motifs is 7. The van der Waals surface area contributed by atoms with Crippen LogP contribution in [0.3, 0.4) is 0 Å². The van der Waals surface area contributed by atoms with Crippen molar-refractivity contribution in [2.24, 2.45) is 46.3 Å². The largest absolute Gasteiger partial charge is 0.394 e. The first kappa shape index (κ1) is 55.1. The Labute approximate surface area is 423 Å². The van der Waals surface area contributed by atoms with Crippen molar-refractivity contribution in [1.29, 1.82) is 0 Å². The fourth-order valence-corrected chi connectivity index (χ4v) is 15.3. The van der Waals surface area contributed by atoms with Crippen LogP contribution in [0.25, 0.3) is 0 Å². The van der Waals surface area contributed by atoms with Crippen LogP contribution in [0.4, 0.5) is 0 Å². The maximum atomic E-state index is 12.5. The zero-order valence-corrected chi connectivity index (χ0v) is 42.0. The van der Waals surface area contributed by atoms with Gasteiger partial charge in [-0.3, -0.25) is 0 Å². The lowest BCUT2D eigenvalue weighted by atomic mass is 9.47. The van der Waals surface area contributed by atoms with E-state index in [1.807, 2.05) is 13.8 Å². The van der Waals surface area contributed by atoms with Gasteiger partial charge in [0.05, 0.1) is 38.1 Å². The number of ether oxygens (including phenoxy) is 10. The Balaban J connectivity index is 0.823. The highest BCUT2D eigenvalue weighted by atomic mass is 16.8. The standard InChI is InChI=1S/C50H80O23/c1-18-12-30(69-43(18)72-46-40(62)37(59)34(56)28(15-51)67-46)50(63)19(2)31-27(73-50)14-25-23-7-6-21-13-22(8-10-48(21,4)24(23)9-11-49(25,31)5)66-47-42(71-45-39(61)36(58)32(54)20(3)65-45)41(35(57)29(16-52)68-47)70-44-38(60)33(55)26(53)17-64-44/h6,18-20,22-47,51-63H,7-17H2,1-5H3/t18-,19+,20+,22+,23-,24+,25+,26-,27+,28-,29-,30+,31+,32+,33+,34-,35-,36-,37+,38-,39-,40-,41+,42-,43+,44+,45+,46+,47-,48+,49+,50?/m1/s1. The van der Waals surface area contributed by atoms with Crippen LogP contribution in [-0.2, 0) is 47.4 Å². The predicted octanol–water partition coefficient (Wildman–Crippen LogP) is -3.03. The average Bonchev–Trinajstić information content (AvgIpc) is 3.98. The van der Waals surface area contributed by atoms with Gasteiger partial charge in [0.25, 0.3) is 0 Å². The fraction of sp³-hybridized carbons (Fsp3) is 0.960. The Morgan fingerprint density at radius 3 is 1.97 bits per heavy atom. The first-order chi connectivity index (χ1) is 34.5. The van der Waals surface area contributed by atoms with Gasteiger partial charge in [0.1, 0.15) is 91.6 Å². The third-order valence-electron chi connectivity index (χ3n) is 19.6. The molecule has 13 N–H and O–H groups in total. The number of rotatable bonds is 11. The maximum absolute atomic E-state index is 12.5. The Morgan fingerprint density at radius 2 is 1.26 bits per heavy atom. The van der Waals surface area contributed by atoms with E-state index in [0.717, 1.165) is 32.1 Å². The number of aliphatic hydroxyl groups excluding tert-OH is 12. The molecular formula is C50H80O23. The summed E-state index contributed by atoms with van der Waals surface area (Å²) >= 11 is 0. The van der Waals surface area contributed by atoms with Crippen molar-refractivity contribution in [1.82, 2.24) is 0 Å². The fourth-order valence-electron chi connectivity index (χ4n) is 15.3. The van der Waals surface area contributed by atoms with Gasteiger partial charge in [-0.05, 0) is 92.8 Å². The third-order valence-corrected chi connectivity index (χ3v) is 19.6. The molecule has 1 unspecified atom stereocenters. The van der Waals surface area contributed by atoms with Gasteiger partial charge in [0.15, 0.2) is 37.2 Å². The van der Waals surface area contributed by atoms with Crippen LogP contribution in [-0.4, -0.2) is 233 Å². The molecule has 0 bridgehead atoms. The smallest absolute Gasteiger partial charge is 0.195 e. The molecule has 6 saturated heterocycles. The van der Waals surface area contributed by atoms with Crippen LogP contribution in [0.15, 0.2) is 11.6 Å². The first-order valence-electron chi connectivity index (χ1n) is 26.5. The summed E-state index contributed by atoms with van der Waals surface area (Å²) in [6.07, 6.45) is -22.8. The molecule has 23 heteroatoms. The van der Waals surface area contributed by atoms with E-state index in [4.69, 9.17) is 47.4 Å². The van der Waals surface area contributed by atoms with Crippen LogP contribution in [0.5, 0.6) is 0 Å². The Hall–Kier alpha value is -1.18. The molecule has 0 aromatic rings. The Morgan fingerprint density at radius 1 is 0.616 bits per heavy atom. The number of aliphatic hydroxyl groups is 13. The molecule has 10 rings (SSSR count). The monoisotopic (exact) mass is 1050 g/mol. The van der Waals surface area contributed by atoms with Gasteiger partial charge in [-0.2, -0.15) is 0 Å². The second kappa shape index (κ2) is 20.8. The van der Waals surface area contributed by atoms with Crippen LogP contribution in [0.1, 0.15) is 86.0 Å². The molecule has 418 valence electrons. The van der Waals surface area contributed by atoms with Crippen molar-refractivity contribution in [2.75, 3.05) is 19.8 Å². The molecule has 4 aliphatic carbocycles. The summed E-state index contributed by atoms with van der Waals surface area (Å²) in [6, 6.07) is 0. The van der Waals surface area contributed by atoms with Gasteiger partial charge in [-0.1, -0.05) is 39.3 Å². The topological polar surface area (TPSA) is 355 Å². The third kappa shape index (κ3) is 9.31. The van der Waals surface area contributed by atoms with E-state index in [1.165, 1.54) is 12.5 Å². The molecule has 0 amide bonds. The van der Waals surface area contributed by atoms with Crippen LogP contribution in [0, 0.1) is 46.3 Å². The van der Waals surface area contributed by atoms with E-state index in [0.29, 0.717) is 37.0 Å². The minimum atomic E-state index is -1.77. The normalized spacial score (nSPS) is 58.2. The lowest BCUT2D eigenvalue weighted by molar-refractivity contribution is -0.390. The molecule has 0 radical (unpaired) electrons. The van der Waals surface area contributed by atoms with Gasteiger partial charge in [-0.15, -0.1) is 0 Å². The molecule has 0 aromatic carbocycles. The minimum Gasteiger partial charge on any atom is -0.394 e. The van der Waals surface area contributed by atoms with E-state index < -0.39 is 161 Å². The van der Waals surface area contributed by atoms with Crippen LogP contribution in [0.2, 0.25) is 0 Å². The minimum absolute atomic E-state index is 0.0380. The highest BCUT2D eigenvalue weighted by Crippen LogP contribution is 2.70. The second-order valence-corrected chi connectivity index (χ2v) is 23.7. The molecule has 23 nitrogen and oxygen atoms in total. The Kier molecular flexibility index (Phi) is 15.7. The maximum Gasteiger partial charge on any atom is 0.195 e. The zero-order valence-electron chi connectivity index (χ0n) is 42.0. The molecule has 10 aliphatic rings. The van der Waals surface area contributed by atoms with Gasteiger partial charge in [-0.25, -0.2) is 0 Å². The van der Waals surface area contributed by atoms with Crippen molar-refractivity contribution < 1.29 is 114 Å². The Bertz CT molecular complexity index is 1950. The highest BCUT2D eigenvalue weighted by Gasteiger charge is 2.70. The van der Waals surface area contributed by atoms with E-state index >= 15 is 0 Å². The molecule has 0 spiro atoms. The van der Waals surface area contributed by atoms with Crippen molar-refractivity contribution >= 4 is 0 Å². The van der Waals surface area contributed by atoms with E-state index in [-0.39, 0.29) is 34.7 Å². The number of hydrogen-bond donors (Lipinski definition) is 13. The van der Waals surface area contributed by atoms with Crippen LogP contribution >= 0.6 is 0 Å². The second-order valence-electron chi connectivity index (χ2n) is 23.7. The van der Waals surface area contributed by atoms with Crippen molar-refractivity contribution in [3.8, 4) is 0 Å². The van der Waals surface area contributed by atoms with Gasteiger partial charge >= 0.3 is 0 Å². The molecule has 0 aromatic heterocycles. The van der Waals surface area contributed by atoms with Crippen molar-refractivity contribution in [3.63, 3.8) is 0 Å². The molecular weight excluding hydrogens is 969 g/mol. The molecule has 9 fully saturated rings. The molecule has 3 saturated carbocycles. The molecule has 32 atom stereocenters. The zero-order chi connectivity index (χ0) is 52.4. The van der Waals surface area contributed by atoms with Crippen LogP contribution < -0.4 is 0 Å². The summed E-state index contributed by atoms with van der Waals surface area (Å²) < 4.78 is 61.3. The highest BCUT2D eigenvalue weighted by molar-refractivity contribution is 5.26. The summed E-state index contributed by atoms with van der Waals surface area (Å²) in [5.74, 6) is -1.14. The summed E-state index contributed by atoms with van der Waals surface area (Å²) in [5.41, 5.74) is 0.915. The molecule has 73 heavy (non-hydrogen) atoms. The molecule has 6 aliphatic heterocycles. The average molecular weight is 1050 g/mol. The van der Waals surface area contributed by atoms with Gasteiger partial charge in [0.2, 0.25) is 0 Å². The van der Waals surface area contributed by atoms with E-state index in [9.17, 15) is 66.4 Å². The SMILES string of the molecule is C[C@@H]1C[C@@H](C2(O)O[C@H]3C[C@H]4[C@@H]5CC=C6C[C@@H](O[C@@H]7O[C@H](CO)[C@@H](O)[C@H](O[C@@H]8OC[C@@H](O)[C@H](O)[C@H]8O)[C@H]7O[C@@H]7O[C@@H](C)[C@H](O)[C@@H](O)[C@H]7O)CC[C@]6(C)[C@H]5CC[C@]4(C)[C@H]3[C@@H]2C)O[C@H]1O[C@@H]1O[C@H](CO)[C@@H](O)[C@H](O)[C@H]1O. The van der Waals surface area contributed by atoms with Crippen molar-refractivity contribution in [3.05, 3.63) is 11.6 Å². The van der Waals surface area contributed by atoms with Crippen molar-refractivity contribution in [2.45, 2.75) is 233 Å². The summed E-state index contributed by atoms with van der Waals surface area (Å²) in [5, 5.41) is 139. The van der Waals surface area contributed by atoms with Gasteiger partial charge in [0, 0.05) is 11.8 Å². The van der Waals surface area contributed by atoms with E-state index in [1.54, 1.807) is 0 Å². The summed E-state index contributed by atoms with van der Waals surface area (Å²) in [7, 11) is 0. The first-order valence-corrected chi connectivity index (χ1v) is 26.5. The lowest BCUT2D eigenvalue weighted by Gasteiger charge is -2.58. The van der Waals surface area contributed by atoms with E-state index in [2.05, 4.69) is 19.9 Å². The lowest BCUT2D eigenvalue weighted by Crippen LogP contribution is -2.66. The number of allylic oxidation sites excluding steroid dienone is 1. The summed E-state index contributed by atoms with van der Waals surface area (Å²) in [4.78, 5) is 0. The molecule has 6 heterocycles.